The molecule has 114 valence electrons. The molecule has 1 amide bonds. The summed E-state index contributed by atoms with van der Waals surface area (Å²) in [5, 5.41) is 9.83. The highest BCUT2D eigenvalue weighted by atomic mass is 16.5. The zero-order chi connectivity index (χ0) is 15.7. The number of amides is 1. The van der Waals surface area contributed by atoms with Gasteiger partial charge < -0.3 is 26.3 Å². The van der Waals surface area contributed by atoms with E-state index in [2.05, 4.69) is 15.5 Å². The Balaban J connectivity index is 2.77. The van der Waals surface area contributed by atoms with Crippen LogP contribution in [0.1, 0.15) is 12.5 Å². The monoisotopic (exact) mass is 293 g/mol. The fourth-order valence-electron chi connectivity index (χ4n) is 1.44. The molecule has 1 aromatic rings. The van der Waals surface area contributed by atoms with Crippen molar-refractivity contribution in [3.63, 3.8) is 0 Å². The minimum atomic E-state index is -0.196. The average molecular weight is 293 g/mol. The first kappa shape index (κ1) is 16.3. The Morgan fingerprint density at radius 3 is 2.76 bits per heavy atom. The smallest absolute Gasteiger partial charge is 0.257 e. The normalized spacial score (nSPS) is 10.2. The van der Waals surface area contributed by atoms with Crippen molar-refractivity contribution >= 4 is 18.1 Å². The molecule has 5 N–H and O–H groups in total. The molecule has 0 spiro atoms. The average Bonchev–Trinajstić information content (AvgIpc) is 2.45. The van der Waals surface area contributed by atoms with Crippen molar-refractivity contribution in [3.8, 4) is 11.5 Å². The van der Waals surface area contributed by atoms with Gasteiger partial charge in [-0.05, 0) is 30.7 Å². The minimum absolute atomic E-state index is 0.0777. The number of carbonyl (C=O) groups is 1. The Morgan fingerprint density at radius 1 is 1.38 bits per heavy atom. The lowest BCUT2D eigenvalue weighted by atomic mass is 10.2. The SMILES string of the molecule is CCNC(=O)COc1ccc(/C=N/N=C(N)N)cc1OC. The van der Waals surface area contributed by atoms with E-state index in [1.54, 1.807) is 18.2 Å². The molecule has 8 nitrogen and oxygen atoms in total. The first-order valence-corrected chi connectivity index (χ1v) is 6.26. The summed E-state index contributed by atoms with van der Waals surface area (Å²) >= 11 is 0. The maximum Gasteiger partial charge on any atom is 0.257 e. The van der Waals surface area contributed by atoms with Crippen LogP contribution in [-0.4, -0.2) is 38.3 Å². The number of methoxy groups -OCH3 is 1. The number of ether oxygens (including phenoxy) is 2. The predicted octanol–water partition coefficient (Wildman–Crippen LogP) is -0.183. The van der Waals surface area contributed by atoms with E-state index in [1.165, 1.54) is 13.3 Å². The van der Waals surface area contributed by atoms with Gasteiger partial charge in [-0.3, -0.25) is 4.79 Å². The van der Waals surface area contributed by atoms with Gasteiger partial charge in [0.05, 0.1) is 13.3 Å². The topological polar surface area (TPSA) is 124 Å². The van der Waals surface area contributed by atoms with E-state index in [0.29, 0.717) is 18.0 Å². The van der Waals surface area contributed by atoms with Crippen LogP contribution in [0, 0.1) is 0 Å². The number of nitrogens with one attached hydrogen (secondary N) is 1. The van der Waals surface area contributed by atoms with Crippen molar-refractivity contribution in [2.24, 2.45) is 21.7 Å². The van der Waals surface area contributed by atoms with E-state index >= 15 is 0 Å². The van der Waals surface area contributed by atoms with Crippen LogP contribution in [0.5, 0.6) is 11.5 Å². The van der Waals surface area contributed by atoms with Crippen molar-refractivity contribution in [2.75, 3.05) is 20.3 Å². The Hall–Kier alpha value is -2.77. The van der Waals surface area contributed by atoms with Gasteiger partial charge in [0.15, 0.2) is 18.1 Å². The van der Waals surface area contributed by atoms with Gasteiger partial charge in [-0.15, -0.1) is 5.10 Å². The molecule has 0 unspecified atom stereocenters. The third-order valence-corrected chi connectivity index (χ3v) is 2.30. The first-order chi connectivity index (χ1) is 10.1. The highest BCUT2D eigenvalue weighted by molar-refractivity contribution is 5.82. The first-order valence-electron chi connectivity index (χ1n) is 6.26. The largest absolute Gasteiger partial charge is 0.493 e. The van der Waals surface area contributed by atoms with E-state index in [4.69, 9.17) is 20.9 Å². The second-order valence-electron chi connectivity index (χ2n) is 3.92. The van der Waals surface area contributed by atoms with Gasteiger partial charge in [-0.25, -0.2) is 0 Å². The van der Waals surface area contributed by atoms with Crippen molar-refractivity contribution in [2.45, 2.75) is 6.92 Å². The molecule has 8 heteroatoms. The van der Waals surface area contributed by atoms with Crippen molar-refractivity contribution in [1.29, 1.82) is 0 Å². The van der Waals surface area contributed by atoms with E-state index < -0.39 is 0 Å². The van der Waals surface area contributed by atoms with Gasteiger partial charge >= 0.3 is 0 Å². The summed E-state index contributed by atoms with van der Waals surface area (Å²) in [4.78, 5) is 11.4. The van der Waals surface area contributed by atoms with Crippen molar-refractivity contribution in [1.82, 2.24) is 5.32 Å². The third kappa shape index (κ3) is 5.81. The number of likely N-dealkylation sites (N-methyl/N-ethyl adjacent to an activating group) is 1. The molecule has 0 aliphatic heterocycles. The Labute approximate surface area is 122 Å². The van der Waals surface area contributed by atoms with Gasteiger partial charge in [0.2, 0.25) is 5.96 Å². The van der Waals surface area contributed by atoms with Crippen LogP contribution in [-0.2, 0) is 4.79 Å². The second kappa shape index (κ2) is 8.41. The summed E-state index contributed by atoms with van der Waals surface area (Å²) in [7, 11) is 1.51. The zero-order valence-corrected chi connectivity index (χ0v) is 12.0. The molecule has 0 aliphatic carbocycles. The Bertz CT molecular complexity index is 539. The van der Waals surface area contributed by atoms with Crippen molar-refractivity contribution < 1.29 is 14.3 Å². The van der Waals surface area contributed by atoms with Crippen LogP contribution in [0.3, 0.4) is 0 Å². The van der Waals surface area contributed by atoms with Crippen LogP contribution in [0.15, 0.2) is 28.4 Å². The minimum Gasteiger partial charge on any atom is -0.493 e. The van der Waals surface area contributed by atoms with Gasteiger partial charge in [0.1, 0.15) is 0 Å². The van der Waals surface area contributed by atoms with E-state index in [0.717, 1.165) is 5.56 Å². The molecule has 0 radical (unpaired) electrons. The molecule has 0 heterocycles. The molecule has 0 saturated heterocycles. The molecular weight excluding hydrogens is 274 g/mol. The fraction of sp³-hybridized carbons (Fsp3) is 0.308. The Kier molecular flexibility index (Phi) is 6.52. The molecule has 0 aromatic heterocycles. The molecule has 0 atom stereocenters. The van der Waals surface area contributed by atoms with Gasteiger partial charge in [0.25, 0.3) is 5.91 Å². The summed E-state index contributed by atoms with van der Waals surface area (Å²) in [6.07, 6.45) is 1.47. The molecule has 21 heavy (non-hydrogen) atoms. The van der Waals surface area contributed by atoms with Crippen LogP contribution in [0.25, 0.3) is 0 Å². The zero-order valence-electron chi connectivity index (χ0n) is 12.0. The fourth-order valence-corrected chi connectivity index (χ4v) is 1.44. The molecule has 1 aromatic carbocycles. The summed E-state index contributed by atoms with van der Waals surface area (Å²) in [6.45, 7) is 2.31. The third-order valence-electron chi connectivity index (χ3n) is 2.30. The lowest BCUT2D eigenvalue weighted by Crippen LogP contribution is -2.28. The van der Waals surface area contributed by atoms with Crippen LogP contribution in [0.2, 0.25) is 0 Å². The summed E-state index contributed by atoms with van der Waals surface area (Å²) < 4.78 is 10.6. The van der Waals surface area contributed by atoms with Gasteiger partial charge in [0, 0.05) is 6.54 Å². The molecular formula is C13H19N5O3. The maximum atomic E-state index is 11.4. The highest BCUT2D eigenvalue weighted by Gasteiger charge is 2.07. The van der Waals surface area contributed by atoms with Crippen LogP contribution >= 0.6 is 0 Å². The number of rotatable bonds is 7. The lowest BCUT2D eigenvalue weighted by Gasteiger charge is -2.10. The predicted molar refractivity (Wildman–Crippen MR) is 80.6 cm³/mol. The Morgan fingerprint density at radius 2 is 2.14 bits per heavy atom. The highest BCUT2D eigenvalue weighted by Crippen LogP contribution is 2.27. The summed E-state index contributed by atoms with van der Waals surface area (Å²) in [5.74, 6) is 0.619. The lowest BCUT2D eigenvalue weighted by molar-refractivity contribution is -0.123. The second-order valence-corrected chi connectivity index (χ2v) is 3.92. The number of nitrogens with two attached hydrogens (primary N) is 2. The maximum absolute atomic E-state index is 11.4. The van der Waals surface area contributed by atoms with E-state index in [9.17, 15) is 4.79 Å². The van der Waals surface area contributed by atoms with E-state index in [-0.39, 0.29) is 18.5 Å². The molecule has 1 rings (SSSR count). The van der Waals surface area contributed by atoms with E-state index in [1.807, 2.05) is 6.92 Å². The standard InChI is InChI=1S/C13H19N5O3/c1-3-16-12(19)8-21-10-5-4-9(6-11(10)20-2)7-17-18-13(14)15/h4-7H,3,8H2,1-2H3,(H,16,19)(H4,14,15,18)/b17-7+. The summed E-state index contributed by atoms with van der Waals surface area (Å²) in [6, 6.07) is 5.11. The van der Waals surface area contributed by atoms with Crippen LogP contribution < -0.4 is 26.3 Å². The summed E-state index contributed by atoms with van der Waals surface area (Å²) in [5.41, 5.74) is 11.0. The molecule has 0 fully saturated rings. The number of nitrogens with zero attached hydrogens (tertiary/aromatic N) is 2. The molecule has 0 aliphatic rings. The number of carbonyl (C=O) groups excluding carboxylic acids is 1. The number of hydrogen-bond donors (Lipinski definition) is 3. The molecule has 0 bridgehead atoms. The number of benzene rings is 1. The number of guanidine groups is 1. The number of hydrogen-bond acceptors (Lipinski definition) is 5. The quantitative estimate of drug-likeness (QED) is 0.365. The molecule has 0 saturated carbocycles. The van der Waals surface area contributed by atoms with Crippen LogP contribution in [0.4, 0.5) is 0 Å². The van der Waals surface area contributed by atoms with Gasteiger partial charge in [-0.2, -0.15) is 5.10 Å². The van der Waals surface area contributed by atoms with Crippen molar-refractivity contribution in [3.05, 3.63) is 23.8 Å². The van der Waals surface area contributed by atoms with Gasteiger partial charge in [-0.1, -0.05) is 0 Å².